The van der Waals surface area contributed by atoms with Crippen molar-refractivity contribution >= 4 is 0 Å². The first-order valence-corrected chi connectivity index (χ1v) is 14.8. The second kappa shape index (κ2) is 9.09. The molecular weight excluding hydrogens is 439 g/mol. The summed E-state index contributed by atoms with van der Waals surface area (Å²) in [4.78, 5) is 0. The fraction of sp³-hybridized carbons (Fsp3) is 0.935. The number of fused-ring (bicyclic) bond motifs is 5. The van der Waals surface area contributed by atoms with Crippen LogP contribution >= 0.6 is 0 Å². The molecule has 0 aliphatic heterocycles. The van der Waals surface area contributed by atoms with Crippen LogP contribution < -0.4 is 0 Å². The Balaban J connectivity index is 1.27. The Morgan fingerprint density at radius 3 is 2.51 bits per heavy atom. The molecule has 0 amide bonds. The van der Waals surface area contributed by atoms with E-state index >= 15 is 0 Å². The summed E-state index contributed by atoms with van der Waals surface area (Å²) in [5.74, 6) is 3.66. The van der Waals surface area contributed by atoms with Gasteiger partial charge in [-0.2, -0.15) is 0 Å². The zero-order valence-electron chi connectivity index (χ0n) is 23.0. The minimum Gasteiger partial charge on any atom is -0.390 e. The number of hydrogen-bond acceptors (Lipinski definition) is 3. The molecule has 4 saturated carbocycles. The van der Waals surface area contributed by atoms with E-state index in [1.807, 2.05) is 13.8 Å². The third-order valence-electron chi connectivity index (χ3n) is 11.7. The SMILES string of the molecule is C[C@H](CCCC(C)(C)O)[C@H]1CC[C@H]2[C@@H]3CC=C4[C@@H](O)[C@@H](OCC5(F)CC5)CC[C@]4(C)[C@H]3CC[C@]12C. The predicted octanol–water partition coefficient (Wildman–Crippen LogP) is 7.00. The first-order valence-electron chi connectivity index (χ1n) is 14.8. The molecule has 2 N–H and O–H groups in total. The second-order valence-corrected chi connectivity index (χ2v) is 14.6. The van der Waals surface area contributed by atoms with Gasteiger partial charge in [-0.15, -0.1) is 0 Å². The molecule has 0 aromatic rings. The monoisotopic (exact) mass is 490 g/mol. The van der Waals surface area contributed by atoms with Gasteiger partial charge >= 0.3 is 0 Å². The highest BCUT2D eigenvalue weighted by Crippen LogP contribution is 2.67. The van der Waals surface area contributed by atoms with E-state index in [4.69, 9.17) is 4.74 Å². The molecule has 0 saturated heterocycles. The van der Waals surface area contributed by atoms with Gasteiger partial charge < -0.3 is 14.9 Å². The lowest BCUT2D eigenvalue weighted by Gasteiger charge is -2.59. The van der Waals surface area contributed by atoms with Gasteiger partial charge in [-0.25, -0.2) is 4.39 Å². The van der Waals surface area contributed by atoms with Gasteiger partial charge in [0, 0.05) is 0 Å². The van der Waals surface area contributed by atoms with E-state index in [-0.39, 0.29) is 18.1 Å². The average molecular weight is 491 g/mol. The zero-order chi connectivity index (χ0) is 25.2. The lowest BCUT2D eigenvalue weighted by Crippen LogP contribution is -2.54. The summed E-state index contributed by atoms with van der Waals surface area (Å²) >= 11 is 0. The molecule has 0 heterocycles. The van der Waals surface area contributed by atoms with Crippen molar-refractivity contribution < 1.29 is 19.3 Å². The number of aliphatic hydroxyl groups excluding tert-OH is 1. The molecule has 5 rings (SSSR count). The highest BCUT2D eigenvalue weighted by molar-refractivity contribution is 5.29. The quantitative estimate of drug-likeness (QED) is 0.360. The van der Waals surface area contributed by atoms with Crippen molar-refractivity contribution in [2.24, 2.45) is 40.4 Å². The molecule has 0 aromatic carbocycles. The highest BCUT2D eigenvalue weighted by Gasteiger charge is 2.60. The van der Waals surface area contributed by atoms with Gasteiger partial charge in [0.25, 0.3) is 0 Å². The van der Waals surface area contributed by atoms with Gasteiger partial charge in [0.15, 0.2) is 0 Å². The molecule has 3 nitrogen and oxygen atoms in total. The van der Waals surface area contributed by atoms with Crippen LogP contribution in [0.15, 0.2) is 11.6 Å². The van der Waals surface area contributed by atoms with Crippen molar-refractivity contribution in [2.75, 3.05) is 6.61 Å². The zero-order valence-corrected chi connectivity index (χ0v) is 23.0. The van der Waals surface area contributed by atoms with E-state index in [9.17, 15) is 14.6 Å². The van der Waals surface area contributed by atoms with Gasteiger partial charge in [-0.3, -0.25) is 0 Å². The summed E-state index contributed by atoms with van der Waals surface area (Å²) in [6.07, 6.45) is 14.3. The smallest absolute Gasteiger partial charge is 0.134 e. The lowest BCUT2D eigenvalue weighted by atomic mass is 9.46. The normalized spacial score (nSPS) is 45.2. The number of allylic oxidation sites excluding steroid dienone is 1. The minimum absolute atomic E-state index is 0.0624. The molecule has 0 spiro atoms. The van der Waals surface area contributed by atoms with Crippen molar-refractivity contribution in [3.8, 4) is 0 Å². The molecule has 0 bridgehead atoms. The van der Waals surface area contributed by atoms with E-state index in [0.717, 1.165) is 49.9 Å². The lowest BCUT2D eigenvalue weighted by molar-refractivity contribution is -0.104. The summed E-state index contributed by atoms with van der Waals surface area (Å²) in [5.41, 5.74) is 0.0195. The van der Waals surface area contributed by atoms with Crippen LogP contribution in [0.25, 0.3) is 0 Å². The maximum absolute atomic E-state index is 14.1. The van der Waals surface area contributed by atoms with Gasteiger partial charge in [-0.1, -0.05) is 39.7 Å². The van der Waals surface area contributed by atoms with Crippen molar-refractivity contribution in [1.82, 2.24) is 0 Å². The van der Waals surface area contributed by atoms with Crippen LogP contribution in [0.2, 0.25) is 0 Å². The average Bonchev–Trinajstić information content (AvgIpc) is 3.39. The number of aliphatic hydroxyl groups is 2. The Labute approximate surface area is 213 Å². The maximum Gasteiger partial charge on any atom is 0.134 e. The summed E-state index contributed by atoms with van der Waals surface area (Å²) in [6.45, 7) is 11.5. The van der Waals surface area contributed by atoms with Crippen LogP contribution in [-0.2, 0) is 4.74 Å². The summed E-state index contributed by atoms with van der Waals surface area (Å²) in [6, 6.07) is 0. The molecule has 5 aliphatic rings. The number of alkyl halides is 1. The molecule has 35 heavy (non-hydrogen) atoms. The van der Waals surface area contributed by atoms with Gasteiger partial charge in [0.2, 0.25) is 0 Å². The van der Waals surface area contributed by atoms with Crippen LogP contribution in [0.5, 0.6) is 0 Å². The number of rotatable bonds is 8. The molecule has 5 aliphatic carbocycles. The van der Waals surface area contributed by atoms with Crippen molar-refractivity contribution in [3.63, 3.8) is 0 Å². The Bertz CT molecular complexity index is 813. The fourth-order valence-electron chi connectivity index (χ4n) is 9.45. The van der Waals surface area contributed by atoms with Crippen molar-refractivity contribution in [3.05, 3.63) is 11.6 Å². The van der Waals surface area contributed by atoms with E-state index in [1.165, 1.54) is 37.7 Å². The van der Waals surface area contributed by atoms with E-state index in [0.29, 0.717) is 30.1 Å². The molecular formula is C31H51FO3. The Morgan fingerprint density at radius 2 is 1.83 bits per heavy atom. The molecule has 4 fully saturated rings. The highest BCUT2D eigenvalue weighted by atomic mass is 19.1. The minimum atomic E-state index is -1.12. The van der Waals surface area contributed by atoms with Crippen LogP contribution in [0.1, 0.15) is 112 Å². The topological polar surface area (TPSA) is 49.7 Å². The standard InChI is InChI=1S/C31H51FO3/c1-20(7-6-14-28(2,3)34)22-10-11-23-21-8-9-25-27(33)26(35-19-31(32)17-18-31)13-16-30(25,5)24(21)12-15-29(22,23)4/h9,20-24,26-27,33-34H,6-8,10-19H2,1-5H3/t20-,21+,22-,23+,24+,26+,27-,29-,30-/m1/s1. The largest absolute Gasteiger partial charge is 0.390 e. The van der Waals surface area contributed by atoms with E-state index < -0.39 is 17.4 Å². The molecule has 9 atom stereocenters. The molecule has 0 aromatic heterocycles. The number of ether oxygens (including phenoxy) is 1. The van der Waals surface area contributed by atoms with Crippen LogP contribution in [0.3, 0.4) is 0 Å². The maximum atomic E-state index is 14.1. The summed E-state index contributed by atoms with van der Waals surface area (Å²) < 4.78 is 20.1. The second-order valence-electron chi connectivity index (χ2n) is 14.6. The Hall–Kier alpha value is -0.450. The summed E-state index contributed by atoms with van der Waals surface area (Å²) in [7, 11) is 0. The van der Waals surface area contributed by atoms with Gasteiger partial charge in [0.05, 0.1) is 18.3 Å². The van der Waals surface area contributed by atoms with Crippen molar-refractivity contribution in [2.45, 2.75) is 135 Å². The first kappa shape index (κ1) is 26.2. The molecule has 200 valence electrons. The number of hydrogen-bond donors (Lipinski definition) is 2. The van der Waals surface area contributed by atoms with E-state index in [1.54, 1.807) is 0 Å². The van der Waals surface area contributed by atoms with Crippen LogP contribution in [0, 0.1) is 40.4 Å². The van der Waals surface area contributed by atoms with Gasteiger partial charge in [-0.05, 0) is 124 Å². The molecule has 0 radical (unpaired) electrons. The summed E-state index contributed by atoms with van der Waals surface area (Å²) in [5, 5.41) is 21.4. The van der Waals surface area contributed by atoms with Crippen LogP contribution in [0.4, 0.5) is 4.39 Å². The predicted molar refractivity (Wildman–Crippen MR) is 139 cm³/mol. The van der Waals surface area contributed by atoms with Crippen molar-refractivity contribution in [1.29, 1.82) is 0 Å². The third kappa shape index (κ3) is 4.78. The fourth-order valence-corrected chi connectivity index (χ4v) is 9.45. The van der Waals surface area contributed by atoms with E-state index in [2.05, 4.69) is 26.8 Å². The first-order chi connectivity index (χ1) is 16.4. The Morgan fingerprint density at radius 1 is 1.09 bits per heavy atom. The number of halogens is 1. The molecule has 0 unspecified atom stereocenters. The Kier molecular flexibility index (Phi) is 6.79. The van der Waals surface area contributed by atoms with Crippen LogP contribution in [-0.4, -0.2) is 40.3 Å². The third-order valence-corrected chi connectivity index (χ3v) is 11.7. The van der Waals surface area contributed by atoms with Gasteiger partial charge in [0.1, 0.15) is 11.8 Å². The molecule has 4 heteroatoms.